The first-order valence-corrected chi connectivity index (χ1v) is 7.41. The molecule has 1 heterocycles. The van der Waals surface area contributed by atoms with Crippen molar-refractivity contribution < 1.29 is 14.3 Å². The van der Waals surface area contributed by atoms with Crippen molar-refractivity contribution in [3.63, 3.8) is 0 Å². The molecule has 0 atom stereocenters. The third-order valence-electron chi connectivity index (χ3n) is 3.67. The van der Waals surface area contributed by atoms with Crippen LogP contribution in [0.1, 0.15) is 36.0 Å². The molecule has 2 amide bonds. The van der Waals surface area contributed by atoms with Crippen LogP contribution in [0.2, 0.25) is 0 Å². The average molecular weight is 290 g/mol. The van der Waals surface area contributed by atoms with E-state index < -0.39 is 0 Å². The summed E-state index contributed by atoms with van der Waals surface area (Å²) in [5.41, 5.74) is 0.541. The predicted octanol–water partition coefficient (Wildman–Crippen LogP) is 1.83. The molecule has 0 saturated carbocycles. The molecule has 21 heavy (non-hydrogen) atoms. The van der Waals surface area contributed by atoms with Crippen molar-refractivity contribution in [2.75, 3.05) is 26.7 Å². The van der Waals surface area contributed by atoms with Crippen LogP contribution < -0.4 is 10.1 Å². The first-order valence-electron chi connectivity index (χ1n) is 7.41. The van der Waals surface area contributed by atoms with Gasteiger partial charge in [0.2, 0.25) is 5.91 Å². The van der Waals surface area contributed by atoms with Gasteiger partial charge in [0.05, 0.1) is 7.11 Å². The molecule has 0 spiro atoms. The van der Waals surface area contributed by atoms with Gasteiger partial charge in [0.15, 0.2) is 0 Å². The molecule has 1 saturated heterocycles. The van der Waals surface area contributed by atoms with Gasteiger partial charge < -0.3 is 15.0 Å². The summed E-state index contributed by atoms with van der Waals surface area (Å²) >= 11 is 0. The van der Waals surface area contributed by atoms with E-state index in [1.165, 1.54) is 6.42 Å². The van der Waals surface area contributed by atoms with E-state index in [-0.39, 0.29) is 11.8 Å². The number of likely N-dealkylation sites (tertiary alicyclic amines) is 1. The number of piperidine rings is 1. The van der Waals surface area contributed by atoms with E-state index >= 15 is 0 Å². The van der Waals surface area contributed by atoms with Crippen LogP contribution >= 0.6 is 0 Å². The van der Waals surface area contributed by atoms with Crippen LogP contribution in [0.3, 0.4) is 0 Å². The highest BCUT2D eigenvalue weighted by molar-refractivity contribution is 5.94. The number of hydrogen-bond acceptors (Lipinski definition) is 3. The smallest absolute Gasteiger partial charge is 0.251 e. The van der Waals surface area contributed by atoms with E-state index in [1.54, 1.807) is 31.4 Å². The summed E-state index contributed by atoms with van der Waals surface area (Å²) in [7, 11) is 1.56. The van der Waals surface area contributed by atoms with Gasteiger partial charge in [-0.1, -0.05) is 6.07 Å². The second-order valence-electron chi connectivity index (χ2n) is 5.18. The van der Waals surface area contributed by atoms with Crippen molar-refractivity contribution in [2.45, 2.75) is 25.7 Å². The summed E-state index contributed by atoms with van der Waals surface area (Å²) in [5, 5.41) is 2.78. The average Bonchev–Trinajstić information content (AvgIpc) is 2.55. The Morgan fingerprint density at radius 3 is 2.71 bits per heavy atom. The molecule has 0 aromatic heterocycles. The van der Waals surface area contributed by atoms with Crippen LogP contribution in [0.25, 0.3) is 0 Å². The number of amides is 2. The highest BCUT2D eigenvalue weighted by atomic mass is 16.5. The fourth-order valence-electron chi connectivity index (χ4n) is 2.45. The van der Waals surface area contributed by atoms with Crippen molar-refractivity contribution in [1.29, 1.82) is 0 Å². The third kappa shape index (κ3) is 4.48. The molecule has 1 N–H and O–H groups in total. The van der Waals surface area contributed by atoms with Crippen molar-refractivity contribution in [2.24, 2.45) is 0 Å². The van der Waals surface area contributed by atoms with Crippen molar-refractivity contribution in [1.82, 2.24) is 10.2 Å². The highest BCUT2D eigenvalue weighted by Gasteiger charge is 2.16. The lowest BCUT2D eigenvalue weighted by atomic mass is 10.1. The Morgan fingerprint density at radius 2 is 2.00 bits per heavy atom. The van der Waals surface area contributed by atoms with Gasteiger partial charge in [-0.3, -0.25) is 9.59 Å². The maximum Gasteiger partial charge on any atom is 0.251 e. The van der Waals surface area contributed by atoms with E-state index in [9.17, 15) is 9.59 Å². The van der Waals surface area contributed by atoms with E-state index in [0.29, 0.717) is 24.3 Å². The van der Waals surface area contributed by atoms with Crippen molar-refractivity contribution in [3.8, 4) is 5.75 Å². The molecule has 0 bridgehead atoms. The molecule has 0 radical (unpaired) electrons. The first-order chi connectivity index (χ1) is 10.2. The summed E-state index contributed by atoms with van der Waals surface area (Å²) in [6.45, 7) is 2.07. The van der Waals surface area contributed by atoms with Gasteiger partial charge in [0.1, 0.15) is 5.75 Å². The minimum atomic E-state index is -0.180. The second kappa shape index (κ2) is 7.67. The molecule has 1 aromatic carbocycles. The molecule has 2 rings (SSSR count). The number of nitrogens with one attached hydrogen (secondary N) is 1. The van der Waals surface area contributed by atoms with Crippen LogP contribution in [0, 0.1) is 0 Å². The number of benzene rings is 1. The lowest BCUT2D eigenvalue weighted by Gasteiger charge is -2.26. The monoisotopic (exact) mass is 290 g/mol. The Balaban J connectivity index is 1.77. The van der Waals surface area contributed by atoms with Gasteiger partial charge in [-0.25, -0.2) is 0 Å². The molecule has 114 valence electrons. The van der Waals surface area contributed by atoms with Gasteiger partial charge in [0.25, 0.3) is 5.91 Å². The zero-order chi connectivity index (χ0) is 15.1. The first kappa shape index (κ1) is 15.4. The molecule has 0 unspecified atom stereocenters. The Morgan fingerprint density at radius 1 is 1.24 bits per heavy atom. The summed E-state index contributed by atoms with van der Waals surface area (Å²) in [6, 6.07) is 6.97. The van der Waals surface area contributed by atoms with Gasteiger partial charge >= 0.3 is 0 Å². The molecule has 1 aliphatic rings. The van der Waals surface area contributed by atoms with Crippen molar-refractivity contribution in [3.05, 3.63) is 29.8 Å². The van der Waals surface area contributed by atoms with E-state index in [4.69, 9.17) is 4.74 Å². The lowest BCUT2D eigenvalue weighted by molar-refractivity contribution is -0.131. The Bertz CT molecular complexity index is 496. The van der Waals surface area contributed by atoms with Gasteiger partial charge in [0, 0.05) is 31.6 Å². The molecule has 5 nitrogen and oxygen atoms in total. The fraction of sp³-hybridized carbons (Fsp3) is 0.500. The van der Waals surface area contributed by atoms with Gasteiger partial charge in [-0.05, 0) is 37.5 Å². The molecule has 1 aliphatic heterocycles. The Kier molecular flexibility index (Phi) is 5.60. The van der Waals surface area contributed by atoms with E-state index in [1.807, 2.05) is 4.90 Å². The molecular formula is C16H22N2O3. The fourth-order valence-corrected chi connectivity index (χ4v) is 2.45. The van der Waals surface area contributed by atoms with Gasteiger partial charge in [-0.2, -0.15) is 0 Å². The van der Waals surface area contributed by atoms with Crippen molar-refractivity contribution >= 4 is 11.8 Å². The summed E-state index contributed by atoms with van der Waals surface area (Å²) in [4.78, 5) is 25.8. The van der Waals surface area contributed by atoms with E-state index in [2.05, 4.69) is 5.32 Å². The highest BCUT2D eigenvalue weighted by Crippen LogP contribution is 2.12. The number of carbonyl (C=O) groups is 2. The molecular weight excluding hydrogens is 268 g/mol. The zero-order valence-electron chi connectivity index (χ0n) is 12.4. The topological polar surface area (TPSA) is 58.6 Å². The molecule has 0 aliphatic carbocycles. The summed E-state index contributed by atoms with van der Waals surface area (Å²) in [6.07, 6.45) is 3.73. The number of methoxy groups -OCH3 is 1. The maximum absolute atomic E-state index is 12.0. The molecule has 5 heteroatoms. The number of hydrogen-bond donors (Lipinski definition) is 1. The van der Waals surface area contributed by atoms with Crippen LogP contribution in [-0.2, 0) is 4.79 Å². The zero-order valence-corrected chi connectivity index (χ0v) is 12.4. The number of rotatable bonds is 5. The Labute approximate surface area is 125 Å². The second-order valence-corrected chi connectivity index (χ2v) is 5.18. The van der Waals surface area contributed by atoms with Gasteiger partial charge in [-0.15, -0.1) is 0 Å². The summed E-state index contributed by atoms with van der Waals surface area (Å²) < 4.78 is 5.09. The standard InChI is InChI=1S/C16H22N2O3/c1-21-14-7-5-6-13(12-14)16(20)17-9-8-15(19)18-10-3-2-4-11-18/h5-7,12H,2-4,8-11H2,1H3,(H,17,20). The van der Waals surface area contributed by atoms with Crippen LogP contribution in [0.15, 0.2) is 24.3 Å². The molecule has 1 fully saturated rings. The predicted molar refractivity (Wildman–Crippen MR) is 80.4 cm³/mol. The van der Waals surface area contributed by atoms with Crippen LogP contribution in [-0.4, -0.2) is 43.5 Å². The minimum absolute atomic E-state index is 0.126. The largest absolute Gasteiger partial charge is 0.497 e. The number of carbonyl (C=O) groups excluding carboxylic acids is 2. The third-order valence-corrected chi connectivity index (χ3v) is 3.67. The number of nitrogens with zero attached hydrogens (tertiary/aromatic N) is 1. The Hall–Kier alpha value is -2.04. The lowest BCUT2D eigenvalue weighted by Crippen LogP contribution is -2.37. The normalized spacial score (nSPS) is 14.6. The van der Waals surface area contributed by atoms with Crippen LogP contribution in [0.5, 0.6) is 5.75 Å². The van der Waals surface area contributed by atoms with E-state index in [0.717, 1.165) is 25.9 Å². The molecule has 1 aromatic rings. The van der Waals surface area contributed by atoms with Crippen LogP contribution in [0.4, 0.5) is 0 Å². The minimum Gasteiger partial charge on any atom is -0.497 e. The number of ether oxygens (including phenoxy) is 1. The maximum atomic E-state index is 12.0. The SMILES string of the molecule is COc1cccc(C(=O)NCCC(=O)N2CCCCC2)c1. The quantitative estimate of drug-likeness (QED) is 0.900. The summed E-state index contributed by atoms with van der Waals surface area (Å²) in [5.74, 6) is 0.591.